The summed E-state index contributed by atoms with van der Waals surface area (Å²) in [6.45, 7) is 0.659. The minimum absolute atomic E-state index is 0.659. The molecule has 0 heterocycles. The lowest BCUT2D eigenvalue weighted by molar-refractivity contribution is 0.893. The van der Waals surface area contributed by atoms with Crippen LogP contribution in [0.5, 0.6) is 0 Å². The van der Waals surface area contributed by atoms with E-state index in [9.17, 15) is 0 Å². The van der Waals surface area contributed by atoms with Gasteiger partial charge in [0.15, 0.2) is 0 Å². The summed E-state index contributed by atoms with van der Waals surface area (Å²) < 4.78 is 0. The Hall–Kier alpha value is -0.790. The van der Waals surface area contributed by atoms with Crippen molar-refractivity contribution in [2.45, 2.75) is 12.8 Å². The van der Waals surface area contributed by atoms with Crippen molar-refractivity contribution in [3.63, 3.8) is 0 Å². The average Bonchev–Trinajstić information content (AvgIpc) is 2.18. The van der Waals surface area contributed by atoms with Crippen LogP contribution in [-0.4, -0.2) is 6.54 Å². The highest BCUT2D eigenvalue weighted by Gasteiger charge is 2.11. The van der Waals surface area contributed by atoms with E-state index in [0.29, 0.717) is 6.54 Å². The van der Waals surface area contributed by atoms with Gasteiger partial charge in [-0.1, -0.05) is 35.4 Å². The standard InChI is InChI=1S/C11H12ClN/c12-11-3-1-2-9-6-8(7-13)4-5-10(9)11/h1-3,6H,4-5,7,13H2. The number of fused-ring (bicyclic) bond motifs is 1. The third kappa shape index (κ3) is 1.62. The molecule has 1 aliphatic rings. The molecule has 0 saturated carbocycles. The van der Waals surface area contributed by atoms with E-state index in [4.69, 9.17) is 17.3 Å². The van der Waals surface area contributed by atoms with E-state index < -0.39 is 0 Å². The largest absolute Gasteiger partial charge is 0.327 e. The fraction of sp³-hybridized carbons (Fsp3) is 0.273. The minimum Gasteiger partial charge on any atom is -0.327 e. The predicted molar refractivity (Wildman–Crippen MR) is 56.8 cm³/mol. The second-order valence-electron chi connectivity index (χ2n) is 3.31. The molecule has 0 saturated heterocycles. The predicted octanol–water partition coefficient (Wildman–Crippen LogP) is 2.63. The van der Waals surface area contributed by atoms with Gasteiger partial charge in [-0.05, 0) is 30.0 Å². The third-order valence-corrected chi connectivity index (χ3v) is 2.83. The van der Waals surface area contributed by atoms with Crippen LogP contribution in [0.15, 0.2) is 23.8 Å². The fourth-order valence-corrected chi connectivity index (χ4v) is 1.99. The van der Waals surface area contributed by atoms with Crippen molar-refractivity contribution in [2.24, 2.45) is 5.73 Å². The van der Waals surface area contributed by atoms with Crippen LogP contribution in [-0.2, 0) is 6.42 Å². The average molecular weight is 194 g/mol. The molecule has 13 heavy (non-hydrogen) atoms. The molecule has 0 aromatic heterocycles. The van der Waals surface area contributed by atoms with E-state index in [1.54, 1.807) is 0 Å². The molecule has 0 fully saturated rings. The van der Waals surface area contributed by atoms with E-state index >= 15 is 0 Å². The second-order valence-corrected chi connectivity index (χ2v) is 3.72. The number of halogens is 1. The topological polar surface area (TPSA) is 26.0 Å². The lowest BCUT2D eigenvalue weighted by atomic mass is 9.92. The molecule has 1 nitrogen and oxygen atoms in total. The highest BCUT2D eigenvalue weighted by Crippen LogP contribution is 2.28. The Morgan fingerprint density at radius 3 is 2.92 bits per heavy atom. The monoisotopic (exact) mass is 193 g/mol. The Morgan fingerprint density at radius 1 is 1.31 bits per heavy atom. The molecular weight excluding hydrogens is 182 g/mol. The van der Waals surface area contributed by atoms with E-state index in [0.717, 1.165) is 17.9 Å². The van der Waals surface area contributed by atoms with E-state index in [2.05, 4.69) is 12.1 Å². The Kier molecular flexibility index (Phi) is 2.38. The summed E-state index contributed by atoms with van der Waals surface area (Å²) in [5.74, 6) is 0. The summed E-state index contributed by atoms with van der Waals surface area (Å²) in [5, 5.41) is 0.879. The third-order valence-electron chi connectivity index (χ3n) is 2.47. The van der Waals surface area contributed by atoms with Crippen LogP contribution in [0.3, 0.4) is 0 Å². The first-order chi connectivity index (χ1) is 6.31. The summed E-state index contributed by atoms with van der Waals surface area (Å²) in [7, 11) is 0. The van der Waals surface area contributed by atoms with Crippen molar-refractivity contribution < 1.29 is 0 Å². The maximum absolute atomic E-state index is 6.07. The Labute approximate surface area is 83.2 Å². The number of rotatable bonds is 1. The maximum atomic E-state index is 6.07. The van der Waals surface area contributed by atoms with Gasteiger partial charge in [0.25, 0.3) is 0 Å². The highest BCUT2D eigenvalue weighted by molar-refractivity contribution is 6.31. The van der Waals surface area contributed by atoms with Gasteiger partial charge in [0.2, 0.25) is 0 Å². The summed E-state index contributed by atoms with van der Waals surface area (Å²) in [6.07, 6.45) is 4.23. The number of benzene rings is 1. The van der Waals surface area contributed by atoms with Crippen molar-refractivity contribution in [3.05, 3.63) is 39.9 Å². The van der Waals surface area contributed by atoms with E-state index in [1.165, 1.54) is 16.7 Å². The first-order valence-electron chi connectivity index (χ1n) is 4.48. The molecule has 0 aliphatic heterocycles. The molecule has 1 aromatic rings. The highest BCUT2D eigenvalue weighted by atomic mass is 35.5. The normalized spacial score (nSPS) is 15.1. The summed E-state index contributed by atoms with van der Waals surface area (Å²) >= 11 is 6.07. The van der Waals surface area contributed by atoms with Gasteiger partial charge >= 0.3 is 0 Å². The summed E-state index contributed by atoms with van der Waals surface area (Å²) in [4.78, 5) is 0. The molecule has 0 amide bonds. The lowest BCUT2D eigenvalue weighted by Gasteiger charge is -2.16. The lowest BCUT2D eigenvalue weighted by Crippen LogP contribution is -2.08. The van der Waals surface area contributed by atoms with Gasteiger partial charge < -0.3 is 5.73 Å². The number of hydrogen-bond acceptors (Lipinski definition) is 1. The zero-order chi connectivity index (χ0) is 9.26. The fourth-order valence-electron chi connectivity index (χ4n) is 1.71. The Balaban J connectivity index is 2.47. The second kappa shape index (κ2) is 3.52. The van der Waals surface area contributed by atoms with Crippen molar-refractivity contribution >= 4 is 17.7 Å². The molecule has 1 aliphatic carbocycles. The van der Waals surface area contributed by atoms with Gasteiger partial charge in [-0.3, -0.25) is 0 Å². The number of nitrogens with two attached hydrogens (primary N) is 1. The maximum Gasteiger partial charge on any atom is 0.0444 e. The van der Waals surface area contributed by atoms with E-state index in [1.807, 2.05) is 12.1 Å². The molecular formula is C11H12ClN. The quantitative estimate of drug-likeness (QED) is 0.729. The van der Waals surface area contributed by atoms with Crippen molar-refractivity contribution in [1.29, 1.82) is 0 Å². The summed E-state index contributed by atoms with van der Waals surface area (Å²) in [5.41, 5.74) is 9.41. The van der Waals surface area contributed by atoms with Crippen LogP contribution in [0.1, 0.15) is 17.5 Å². The van der Waals surface area contributed by atoms with Crippen LogP contribution < -0.4 is 5.73 Å². The molecule has 1 aromatic carbocycles. The SMILES string of the molecule is NCC1=Cc2cccc(Cl)c2CC1. The van der Waals surface area contributed by atoms with Gasteiger partial charge in [0.1, 0.15) is 0 Å². The van der Waals surface area contributed by atoms with Gasteiger partial charge in [-0.2, -0.15) is 0 Å². The van der Waals surface area contributed by atoms with Gasteiger partial charge in [0.05, 0.1) is 0 Å². The zero-order valence-corrected chi connectivity index (χ0v) is 8.14. The molecule has 0 unspecified atom stereocenters. The van der Waals surface area contributed by atoms with Gasteiger partial charge in [-0.25, -0.2) is 0 Å². The van der Waals surface area contributed by atoms with Crippen molar-refractivity contribution in [1.82, 2.24) is 0 Å². The van der Waals surface area contributed by atoms with Gasteiger partial charge in [0, 0.05) is 11.6 Å². The van der Waals surface area contributed by atoms with Crippen molar-refractivity contribution in [3.8, 4) is 0 Å². The van der Waals surface area contributed by atoms with Gasteiger partial charge in [-0.15, -0.1) is 0 Å². The number of hydrogen-bond donors (Lipinski definition) is 1. The zero-order valence-electron chi connectivity index (χ0n) is 7.39. The Morgan fingerprint density at radius 2 is 2.15 bits per heavy atom. The smallest absolute Gasteiger partial charge is 0.0444 e. The molecule has 2 heteroatoms. The molecule has 2 rings (SSSR count). The molecule has 68 valence electrons. The molecule has 2 N–H and O–H groups in total. The van der Waals surface area contributed by atoms with Crippen molar-refractivity contribution in [2.75, 3.05) is 6.54 Å². The van der Waals surface area contributed by atoms with Crippen LogP contribution in [0.4, 0.5) is 0 Å². The first-order valence-corrected chi connectivity index (χ1v) is 4.86. The first kappa shape index (κ1) is 8.79. The minimum atomic E-state index is 0.659. The molecule has 0 spiro atoms. The van der Waals surface area contributed by atoms with Crippen LogP contribution in [0, 0.1) is 0 Å². The summed E-state index contributed by atoms with van der Waals surface area (Å²) in [6, 6.07) is 6.02. The molecule has 0 radical (unpaired) electrons. The van der Waals surface area contributed by atoms with Crippen LogP contribution in [0.25, 0.3) is 6.08 Å². The molecule has 0 bridgehead atoms. The van der Waals surface area contributed by atoms with Crippen LogP contribution in [0.2, 0.25) is 5.02 Å². The van der Waals surface area contributed by atoms with E-state index in [-0.39, 0.29) is 0 Å². The Bertz CT molecular complexity index is 355. The molecule has 0 atom stereocenters. The van der Waals surface area contributed by atoms with Crippen LogP contribution >= 0.6 is 11.6 Å².